The highest BCUT2D eigenvalue weighted by molar-refractivity contribution is 5.95. The van der Waals surface area contributed by atoms with Gasteiger partial charge in [0.05, 0.1) is 17.9 Å². The van der Waals surface area contributed by atoms with Crippen LogP contribution < -0.4 is 21.1 Å². The molecule has 1 amide bonds. The van der Waals surface area contributed by atoms with E-state index in [1.165, 1.54) is 16.8 Å². The molecule has 0 saturated carbocycles. The number of nitrogens with zero attached hydrogens (tertiary/aromatic N) is 3. The summed E-state index contributed by atoms with van der Waals surface area (Å²) >= 11 is 0. The second kappa shape index (κ2) is 9.04. The zero-order valence-electron chi connectivity index (χ0n) is 16.9. The van der Waals surface area contributed by atoms with Crippen molar-refractivity contribution in [3.05, 3.63) is 36.5 Å². The number of nitrogens with two attached hydrogens (primary N) is 1. The van der Waals surface area contributed by atoms with E-state index < -0.39 is 18.6 Å². The minimum Gasteiger partial charge on any atom is -0.434 e. The predicted molar refractivity (Wildman–Crippen MR) is 111 cm³/mol. The summed E-state index contributed by atoms with van der Waals surface area (Å²) in [5.74, 6) is 0.324. The number of amides is 1. The van der Waals surface area contributed by atoms with Gasteiger partial charge in [-0.3, -0.25) is 4.79 Å². The molecule has 3 aromatic rings. The number of aromatic nitrogens is 3. The molecule has 160 valence electrons. The Morgan fingerprint density at radius 1 is 1.27 bits per heavy atom. The van der Waals surface area contributed by atoms with Crippen LogP contribution in [0.5, 0.6) is 5.75 Å². The first kappa shape index (κ1) is 21.4. The fourth-order valence-electron chi connectivity index (χ4n) is 3.05. The Labute approximate surface area is 172 Å². The quantitative estimate of drug-likeness (QED) is 0.518. The molecule has 0 fully saturated rings. The van der Waals surface area contributed by atoms with Crippen LogP contribution in [0.2, 0.25) is 0 Å². The molecule has 1 atom stereocenters. The van der Waals surface area contributed by atoms with E-state index in [-0.39, 0.29) is 11.7 Å². The summed E-state index contributed by atoms with van der Waals surface area (Å²) in [7, 11) is 1.72. The number of alkyl halides is 2. The van der Waals surface area contributed by atoms with Crippen molar-refractivity contribution in [1.29, 1.82) is 0 Å². The Kier molecular flexibility index (Phi) is 6.46. The zero-order valence-corrected chi connectivity index (χ0v) is 16.9. The second-order valence-electron chi connectivity index (χ2n) is 7.20. The molecule has 2 heterocycles. The van der Waals surface area contributed by atoms with Crippen LogP contribution in [0.25, 0.3) is 16.9 Å². The molecule has 1 aromatic carbocycles. The van der Waals surface area contributed by atoms with Crippen LogP contribution in [0.1, 0.15) is 20.3 Å². The van der Waals surface area contributed by atoms with Crippen LogP contribution >= 0.6 is 0 Å². The largest absolute Gasteiger partial charge is 0.434 e. The smallest absolute Gasteiger partial charge is 0.387 e. The average molecular weight is 418 g/mol. The number of fused-ring (bicyclic) bond motifs is 1. The monoisotopic (exact) mass is 418 g/mol. The molecule has 0 unspecified atom stereocenters. The molecule has 8 nitrogen and oxygen atoms in total. The third-order valence-corrected chi connectivity index (χ3v) is 4.42. The maximum Gasteiger partial charge on any atom is 0.387 e. The first-order valence-corrected chi connectivity index (χ1v) is 9.46. The van der Waals surface area contributed by atoms with Crippen molar-refractivity contribution in [3.8, 4) is 17.0 Å². The van der Waals surface area contributed by atoms with Crippen LogP contribution in [-0.2, 0) is 4.79 Å². The van der Waals surface area contributed by atoms with Crippen LogP contribution in [0.4, 0.5) is 20.3 Å². The Morgan fingerprint density at radius 2 is 2.03 bits per heavy atom. The Bertz CT molecular complexity index is 1040. The van der Waals surface area contributed by atoms with E-state index in [9.17, 15) is 13.6 Å². The predicted octanol–water partition coefficient (Wildman–Crippen LogP) is 3.35. The van der Waals surface area contributed by atoms with Crippen molar-refractivity contribution < 1.29 is 18.3 Å². The third kappa shape index (κ3) is 4.82. The first-order chi connectivity index (χ1) is 14.3. The highest BCUT2D eigenvalue weighted by atomic mass is 19.3. The third-order valence-electron chi connectivity index (χ3n) is 4.42. The highest BCUT2D eigenvalue weighted by Crippen LogP contribution is 2.34. The van der Waals surface area contributed by atoms with Crippen molar-refractivity contribution in [2.24, 2.45) is 11.7 Å². The van der Waals surface area contributed by atoms with Gasteiger partial charge in [-0.05, 0) is 36.6 Å². The number of anilines is 2. The summed E-state index contributed by atoms with van der Waals surface area (Å²) < 4.78 is 32.4. The van der Waals surface area contributed by atoms with Crippen LogP contribution in [0.3, 0.4) is 0 Å². The van der Waals surface area contributed by atoms with Crippen molar-refractivity contribution in [3.63, 3.8) is 0 Å². The maximum atomic E-state index is 13.1. The van der Waals surface area contributed by atoms with E-state index in [0.29, 0.717) is 34.8 Å². The Balaban J connectivity index is 1.97. The summed E-state index contributed by atoms with van der Waals surface area (Å²) in [5.41, 5.74) is 7.56. The van der Waals surface area contributed by atoms with Crippen molar-refractivity contribution in [2.75, 3.05) is 17.7 Å². The lowest BCUT2D eigenvalue weighted by Gasteiger charge is -2.16. The lowest BCUT2D eigenvalue weighted by molar-refractivity contribution is -0.117. The van der Waals surface area contributed by atoms with Crippen LogP contribution in [0, 0.1) is 5.92 Å². The number of imidazole rings is 1. The van der Waals surface area contributed by atoms with Gasteiger partial charge in [0.2, 0.25) is 5.91 Å². The lowest BCUT2D eigenvalue weighted by atomic mass is 10.0. The van der Waals surface area contributed by atoms with Gasteiger partial charge in [-0.25, -0.2) is 9.50 Å². The fourth-order valence-corrected chi connectivity index (χ4v) is 3.05. The summed E-state index contributed by atoms with van der Waals surface area (Å²) in [6.07, 6.45) is 2.03. The van der Waals surface area contributed by atoms with Crippen LogP contribution in [0.15, 0.2) is 36.5 Å². The van der Waals surface area contributed by atoms with Gasteiger partial charge in [-0.1, -0.05) is 13.8 Å². The molecular formula is C20H24F2N6O2. The fraction of sp³-hybridized carbons (Fsp3) is 0.350. The summed E-state index contributed by atoms with van der Waals surface area (Å²) in [6.45, 7) is 0.873. The van der Waals surface area contributed by atoms with E-state index in [1.54, 1.807) is 31.3 Å². The number of ether oxygens (including phenoxy) is 1. The number of hydrogen-bond acceptors (Lipinski definition) is 6. The topological polar surface area (TPSA) is 107 Å². The number of nitrogens with one attached hydrogen (secondary N) is 2. The molecule has 30 heavy (non-hydrogen) atoms. The van der Waals surface area contributed by atoms with Crippen molar-refractivity contribution in [1.82, 2.24) is 14.6 Å². The summed E-state index contributed by atoms with van der Waals surface area (Å²) in [5, 5.41) is 9.96. The number of benzene rings is 1. The van der Waals surface area contributed by atoms with E-state index in [2.05, 4.69) is 20.7 Å². The molecule has 0 radical (unpaired) electrons. The second-order valence-corrected chi connectivity index (χ2v) is 7.20. The number of rotatable bonds is 8. The molecule has 4 N–H and O–H groups in total. The van der Waals surface area contributed by atoms with E-state index >= 15 is 0 Å². The Hall–Kier alpha value is -3.27. The molecule has 0 aliphatic rings. The van der Waals surface area contributed by atoms with Gasteiger partial charge in [-0.2, -0.15) is 8.78 Å². The van der Waals surface area contributed by atoms with E-state index in [4.69, 9.17) is 10.5 Å². The molecule has 10 heteroatoms. The van der Waals surface area contributed by atoms with Crippen molar-refractivity contribution >= 4 is 23.1 Å². The normalized spacial score (nSPS) is 12.4. The Morgan fingerprint density at radius 3 is 2.70 bits per heavy atom. The number of carbonyl (C=O) groups is 1. The summed E-state index contributed by atoms with van der Waals surface area (Å²) in [6, 6.07) is 7.30. The van der Waals surface area contributed by atoms with Gasteiger partial charge in [0.1, 0.15) is 11.6 Å². The zero-order chi connectivity index (χ0) is 21.8. The number of halogens is 2. The molecule has 0 spiro atoms. The van der Waals surface area contributed by atoms with Crippen LogP contribution in [-0.4, -0.2) is 40.2 Å². The molecule has 0 aliphatic heterocycles. The molecule has 3 rings (SSSR count). The molecule has 0 aliphatic carbocycles. The number of hydrogen-bond donors (Lipinski definition) is 3. The van der Waals surface area contributed by atoms with Gasteiger partial charge in [0.15, 0.2) is 5.65 Å². The standard InChI is InChI=1S/C20H24F2N6O2/c1-11(2)8-14(23)19(29)26-12-4-5-13(16(9-12)30-20(21)22)15-10-25-18-7-6-17(24-3)27-28(15)18/h4-7,9-11,14,20H,8,23H2,1-3H3,(H,24,27)(H,26,29)/t14-/m1/s1. The van der Waals surface area contributed by atoms with Crippen molar-refractivity contribution in [2.45, 2.75) is 32.9 Å². The number of carbonyl (C=O) groups excluding carboxylic acids is 1. The SMILES string of the molecule is CNc1ccc2ncc(-c3ccc(NC(=O)[C@H](N)CC(C)C)cc3OC(F)F)n2n1. The lowest BCUT2D eigenvalue weighted by Crippen LogP contribution is -2.36. The summed E-state index contributed by atoms with van der Waals surface area (Å²) in [4.78, 5) is 16.5. The molecule has 0 saturated heterocycles. The van der Waals surface area contributed by atoms with Gasteiger partial charge in [-0.15, -0.1) is 5.10 Å². The minimum atomic E-state index is -3.04. The molecule has 0 bridgehead atoms. The first-order valence-electron chi connectivity index (χ1n) is 9.46. The minimum absolute atomic E-state index is 0.112. The molecule has 2 aromatic heterocycles. The maximum absolute atomic E-state index is 13.1. The highest BCUT2D eigenvalue weighted by Gasteiger charge is 2.19. The molecular weight excluding hydrogens is 394 g/mol. The van der Waals surface area contributed by atoms with Gasteiger partial charge in [0.25, 0.3) is 0 Å². The van der Waals surface area contributed by atoms with Gasteiger partial charge < -0.3 is 21.1 Å². The van der Waals surface area contributed by atoms with E-state index in [0.717, 1.165) is 0 Å². The average Bonchev–Trinajstić information content (AvgIpc) is 3.10. The van der Waals surface area contributed by atoms with E-state index in [1.807, 2.05) is 13.8 Å². The van der Waals surface area contributed by atoms with Gasteiger partial charge >= 0.3 is 6.61 Å². The van der Waals surface area contributed by atoms with Gasteiger partial charge in [0, 0.05) is 24.4 Å².